The molecule has 2 aliphatic rings. The maximum atomic E-state index is 12.4. The summed E-state index contributed by atoms with van der Waals surface area (Å²) in [5.74, 6) is 1.36. The van der Waals surface area contributed by atoms with Crippen molar-refractivity contribution in [1.82, 2.24) is 5.32 Å². The van der Waals surface area contributed by atoms with Crippen LogP contribution in [0.15, 0.2) is 18.2 Å². The lowest BCUT2D eigenvalue weighted by atomic mass is 9.84. The van der Waals surface area contributed by atoms with E-state index in [-0.39, 0.29) is 30.3 Å². The van der Waals surface area contributed by atoms with Gasteiger partial charge < -0.3 is 11.1 Å². The van der Waals surface area contributed by atoms with Crippen LogP contribution >= 0.6 is 12.4 Å². The van der Waals surface area contributed by atoms with Gasteiger partial charge in [-0.2, -0.15) is 0 Å². The van der Waals surface area contributed by atoms with Crippen molar-refractivity contribution in [3.05, 3.63) is 34.9 Å². The normalized spacial score (nSPS) is 29.2. The Bertz CT molecular complexity index is 524. The number of hydrogen-bond acceptors (Lipinski definition) is 2. The first-order valence-corrected chi connectivity index (χ1v) is 8.15. The lowest BCUT2D eigenvalue weighted by Crippen LogP contribution is -2.45. The van der Waals surface area contributed by atoms with Gasteiger partial charge in [0.05, 0.1) is 5.92 Å². The molecule has 3 rings (SSSR count). The van der Waals surface area contributed by atoms with Crippen molar-refractivity contribution < 1.29 is 4.79 Å². The molecule has 0 spiro atoms. The van der Waals surface area contributed by atoms with Crippen LogP contribution in [0.4, 0.5) is 0 Å². The third-order valence-corrected chi connectivity index (χ3v) is 5.28. The second-order valence-corrected chi connectivity index (χ2v) is 6.97. The molecule has 3 nitrogen and oxygen atoms in total. The number of amides is 1. The van der Waals surface area contributed by atoms with Crippen molar-refractivity contribution in [3.8, 4) is 0 Å². The van der Waals surface area contributed by atoms with Crippen LogP contribution in [0.3, 0.4) is 0 Å². The standard InChI is InChI=1S/C18H26N2O.ClH/c1-11-7-12(2)9-13(8-11)5-6-20-18(21)16-14-3-4-15(10-14)17(16)19;/h7-9,14-17H,3-6,10,19H2,1-2H3,(H,20,21);1H. The highest BCUT2D eigenvalue weighted by molar-refractivity contribution is 5.85. The van der Waals surface area contributed by atoms with Crippen LogP contribution in [0.5, 0.6) is 0 Å². The Hall–Kier alpha value is -1.06. The third kappa shape index (κ3) is 3.47. The van der Waals surface area contributed by atoms with Crippen molar-refractivity contribution in [3.63, 3.8) is 0 Å². The predicted molar refractivity (Wildman–Crippen MR) is 92.2 cm³/mol. The minimum atomic E-state index is 0. The number of hydrogen-bond donors (Lipinski definition) is 2. The molecule has 2 fully saturated rings. The van der Waals surface area contributed by atoms with E-state index < -0.39 is 0 Å². The Kier molecular flexibility index (Phi) is 5.51. The van der Waals surface area contributed by atoms with Gasteiger partial charge in [-0.15, -0.1) is 12.4 Å². The van der Waals surface area contributed by atoms with E-state index >= 15 is 0 Å². The molecule has 22 heavy (non-hydrogen) atoms. The Balaban J connectivity index is 0.00000176. The van der Waals surface area contributed by atoms with Gasteiger partial charge in [0.2, 0.25) is 5.91 Å². The topological polar surface area (TPSA) is 55.1 Å². The van der Waals surface area contributed by atoms with E-state index in [4.69, 9.17) is 5.73 Å². The van der Waals surface area contributed by atoms with Gasteiger partial charge in [-0.3, -0.25) is 4.79 Å². The Morgan fingerprint density at radius 2 is 1.82 bits per heavy atom. The summed E-state index contributed by atoms with van der Waals surface area (Å²) in [5, 5.41) is 3.11. The molecule has 3 N–H and O–H groups in total. The molecule has 0 radical (unpaired) electrons. The zero-order valence-corrected chi connectivity index (χ0v) is 14.3. The van der Waals surface area contributed by atoms with E-state index in [0.29, 0.717) is 18.4 Å². The lowest BCUT2D eigenvalue weighted by molar-refractivity contribution is -0.127. The van der Waals surface area contributed by atoms with Crippen molar-refractivity contribution in [1.29, 1.82) is 0 Å². The van der Waals surface area contributed by atoms with Crippen molar-refractivity contribution >= 4 is 18.3 Å². The predicted octanol–water partition coefficient (Wildman–Crippen LogP) is 2.76. The first-order valence-electron chi connectivity index (χ1n) is 8.15. The molecule has 0 aliphatic heterocycles. The van der Waals surface area contributed by atoms with Crippen LogP contribution in [0.1, 0.15) is 36.0 Å². The maximum Gasteiger partial charge on any atom is 0.224 e. The second kappa shape index (κ2) is 7.01. The summed E-state index contributed by atoms with van der Waals surface area (Å²) in [7, 11) is 0. The van der Waals surface area contributed by atoms with E-state index in [1.54, 1.807) is 0 Å². The molecule has 2 saturated carbocycles. The first-order chi connectivity index (χ1) is 10.0. The van der Waals surface area contributed by atoms with Gasteiger partial charge in [-0.1, -0.05) is 29.3 Å². The Morgan fingerprint density at radius 1 is 1.18 bits per heavy atom. The number of nitrogens with one attached hydrogen (secondary N) is 1. The van der Waals surface area contributed by atoms with Gasteiger partial charge >= 0.3 is 0 Å². The average Bonchev–Trinajstić information content (AvgIpc) is 2.98. The van der Waals surface area contributed by atoms with Crippen LogP contribution in [0, 0.1) is 31.6 Å². The molecule has 0 heterocycles. The smallest absolute Gasteiger partial charge is 0.224 e. The number of aryl methyl sites for hydroxylation is 2. The molecular formula is C18H27ClN2O. The highest BCUT2D eigenvalue weighted by Crippen LogP contribution is 2.47. The highest BCUT2D eigenvalue weighted by Gasteiger charge is 2.48. The highest BCUT2D eigenvalue weighted by atomic mass is 35.5. The molecule has 0 aromatic heterocycles. The van der Waals surface area contributed by atoms with Crippen molar-refractivity contribution in [2.75, 3.05) is 6.54 Å². The number of rotatable bonds is 4. The summed E-state index contributed by atoms with van der Waals surface area (Å²) < 4.78 is 0. The maximum absolute atomic E-state index is 12.4. The Labute approximate surface area is 139 Å². The van der Waals surface area contributed by atoms with E-state index in [2.05, 4.69) is 37.4 Å². The molecule has 1 aromatic rings. The van der Waals surface area contributed by atoms with Crippen LogP contribution < -0.4 is 11.1 Å². The summed E-state index contributed by atoms with van der Waals surface area (Å²) in [6, 6.07) is 6.66. The molecule has 122 valence electrons. The minimum absolute atomic E-state index is 0. The van der Waals surface area contributed by atoms with Crippen molar-refractivity contribution in [2.45, 2.75) is 45.6 Å². The molecule has 4 heteroatoms. The number of carbonyl (C=O) groups is 1. The molecule has 2 aliphatic carbocycles. The molecule has 0 saturated heterocycles. The van der Waals surface area contributed by atoms with Gasteiger partial charge in [0.15, 0.2) is 0 Å². The van der Waals surface area contributed by atoms with Crippen LogP contribution in [0.2, 0.25) is 0 Å². The Morgan fingerprint density at radius 3 is 2.41 bits per heavy atom. The second-order valence-electron chi connectivity index (χ2n) is 6.97. The molecular weight excluding hydrogens is 296 g/mol. The fourth-order valence-electron chi connectivity index (χ4n) is 4.39. The third-order valence-electron chi connectivity index (χ3n) is 5.28. The SMILES string of the molecule is Cc1cc(C)cc(CCNC(=O)C2C3CCC(C3)C2N)c1.Cl. The fraction of sp³-hybridized carbons (Fsp3) is 0.611. The first kappa shape index (κ1) is 17.3. The van der Waals surface area contributed by atoms with E-state index in [1.165, 1.54) is 29.5 Å². The largest absolute Gasteiger partial charge is 0.355 e. The summed E-state index contributed by atoms with van der Waals surface area (Å²) in [4.78, 5) is 12.4. The zero-order chi connectivity index (χ0) is 15.0. The monoisotopic (exact) mass is 322 g/mol. The van der Waals surface area contributed by atoms with E-state index in [0.717, 1.165) is 12.8 Å². The van der Waals surface area contributed by atoms with Gasteiger partial charge in [0.25, 0.3) is 0 Å². The number of nitrogens with two attached hydrogens (primary N) is 1. The van der Waals surface area contributed by atoms with Crippen LogP contribution in [-0.4, -0.2) is 18.5 Å². The van der Waals surface area contributed by atoms with Gasteiger partial charge in [-0.05, 0) is 56.9 Å². The average molecular weight is 323 g/mol. The van der Waals surface area contributed by atoms with Crippen LogP contribution in [0.25, 0.3) is 0 Å². The van der Waals surface area contributed by atoms with Gasteiger partial charge in [-0.25, -0.2) is 0 Å². The summed E-state index contributed by atoms with van der Waals surface area (Å²) >= 11 is 0. The summed E-state index contributed by atoms with van der Waals surface area (Å²) in [6.07, 6.45) is 4.46. The fourth-order valence-corrected chi connectivity index (χ4v) is 4.39. The number of benzene rings is 1. The van der Waals surface area contributed by atoms with E-state index in [9.17, 15) is 4.79 Å². The molecule has 2 bridgehead atoms. The number of halogens is 1. The lowest BCUT2D eigenvalue weighted by Gasteiger charge is -2.27. The number of fused-ring (bicyclic) bond motifs is 2. The van der Waals surface area contributed by atoms with Crippen molar-refractivity contribution in [2.24, 2.45) is 23.5 Å². The van der Waals surface area contributed by atoms with Crippen LogP contribution in [-0.2, 0) is 11.2 Å². The molecule has 1 amide bonds. The van der Waals surface area contributed by atoms with Gasteiger partial charge in [0, 0.05) is 12.6 Å². The molecule has 4 unspecified atom stereocenters. The number of carbonyl (C=O) groups excluding carboxylic acids is 1. The van der Waals surface area contributed by atoms with E-state index in [1.807, 2.05) is 0 Å². The summed E-state index contributed by atoms with van der Waals surface area (Å²) in [6.45, 7) is 4.94. The molecule has 1 aromatic carbocycles. The summed E-state index contributed by atoms with van der Waals surface area (Å²) in [5.41, 5.74) is 10.1. The van der Waals surface area contributed by atoms with Gasteiger partial charge in [0.1, 0.15) is 0 Å². The minimum Gasteiger partial charge on any atom is -0.355 e. The molecule has 4 atom stereocenters. The quantitative estimate of drug-likeness (QED) is 0.895. The zero-order valence-electron chi connectivity index (χ0n) is 13.5.